The Kier molecular flexibility index (Phi) is 4.80. The Morgan fingerprint density at radius 3 is 2.74 bits per heavy atom. The van der Waals surface area contributed by atoms with E-state index in [1.54, 1.807) is 0 Å². The van der Waals surface area contributed by atoms with Crippen molar-refractivity contribution >= 4 is 6.03 Å². The SMILES string of the molecule is Cc1ccc(CCNC(=O)N2CCNCC2)c(C)c1. The molecule has 1 heterocycles. The summed E-state index contributed by atoms with van der Waals surface area (Å²) in [5.41, 5.74) is 3.90. The van der Waals surface area contributed by atoms with E-state index < -0.39 is 0 Å². The number of carbonyl (C=O) groups is 1. The minimum Gasteiger partial charge on any atom is -0.338 e. The highest BCUT2D eigenvalue weighted by molar-refractivity contribution is 5.74. The maximum atomic E-state index is 11.9. The second-order valence-corrected chi connectivity index (χ2v) is 5.15. The van der Waals surface area contributed by atoms with Gasteiger partial charge in [0.05, 0.1) is 0 Å². The summed E-state index contributed by atoms with van der Waals surface area (Å²) in [6.07, 6.45) is 0.893. The molecule has 1 fully saturated rings. The summed E-state index contributed by atoms with van der Waals surface area (Å²) in [6.45, 7) is 8.32. The van der Waals surface area contributed by atoms with Crippen molar-refractivity contribution in [3.8, 4) is 0 Å². The molecule has 1 saturated heterocycles. The standard InChI is InChI=1S/C15H23N3O/c1-12-3-4-14(13(2)11-12)5-6-17-15(19)18-9-7-16-8-10-18/h3-4,11,16H,5-10H2,1-2H3,(H,17,19). The molecule has 1 aliphatic rings. The van der Waals surface area contributed by atoms with Gasteiger partial charge in [0.2, 0.25) is 0 Å². The topological polar surface area (TPSA) is 44.4 Å². The Morgan fingerprint density at radius 2 is 2.05 bits per heavy atom. The molecule has 0 spiro atoms. The van der Waals surface area contributed by atoms with Gasteiger partial charge in [0.25, 0.3) is 0 Å². The smallest absolute Gasteiger partial charge is 0.317 e. The quantitative estimate of drug-likeness (QED) is 0.865. The Labute approximate surface area is 115 Å². The number of nitrogens with one attached hydrogen (secondary N) is 2. The molecule has 0 unspecified atom stereocenters. The monoisotopic (exact) mass is 261 g/mol. The Balaban J connectivity index is 1.78. The molecule has 4 nitrogen and oxygen atoms in total. The zero-order valence-corrected chi connectivity index (χ0v) is 11.8. The summed E-state index contributed by atoms with van der Waals surface area (Å²) in [5, 5.41) is 6.24. The van der Waals surface area contributed by atoms with Gasteiger partial charge in [-0.05, 0) is 31.4 Å². The number of aryl methyl sites for hydroxylation is 2. The highest BCUT2D eigenvalue weighted by Crippen LogP contribution is 2.10. The lowest BCUT2D eigenvalue weighted by Crippen LogP contribution is -2.50. The molecule has 0 aromatic heterocycles. The van der Waals surface area contributed by atoms with Gasteiger partial charge < -0.3 is 15.5 Å². The molecule has 2 rings (SSSR count). The summed E-state index contributed by atoms with van der Waals surface area (Å²) < 4.78 is 0. The van der Waals surface area contributed by atoms with Crippen LogP contribution in [0, 0.1) is 13.8 Å². The molecule has 0 aliphatic carbocycles. The fourth-order valence-corrected chi connectivity index (χ4v) is 2.41. The van der Waals surface area contributed by atoms with Crippen LogP contribution in [-0.4, -0.2) is 43.7 Å². The van der Waals surface area contributed by atoms with Crippen LogP contribution in [0.25, 0.3) is 0 Å². The van der Waals surface area contributed by atoms with E-state index in [4.69, 9.17) is 0 Å². The first-order valence-electron chi connectivity index (χ1n) is 6.96. The minimum absolute atomic E-state index is 0.0614. The lowest BCUT2D eigenvalue weighted by molar-refractivity contribution is 0.190. The van der Waals surface area contributed by atoms with Crippen molar-refractivity contribution in [3.05, 3.63) is 34.9 Å². The Hall–Kier alpha value is -1.55. The number of nitrogens with zero attached hydrogens (tertiary/aromatic N) is 1. The average molecular weight is 261 g/mol. The maximum Gasteiger partial charge on any atom is 0.317 e. The van der Waals surface area contributed by atoms with Gasteiger partial charge in [0.15, 0.2) is 0 Å². The first-order chi connectivity index (χ1) is 9.16. The van der Waals surface area contributed by atoms with Crippen molar-refractivity contribution in [2.45, 2.75) is 20.3 Å². The van der Waals surface area contributed by atoms with Gasteiger partial charge in [-0.3, -0.25) is 0 Å². The number of amides is 2. The third kappa shape index (κ3) is 3.96. The summed E-state index contributed by atoms with van der Waals surface area (Å²) >= 11 is 0. The van der Waals surface area contributed by atoms with Crippen LogP contribution < -0.4 is 10.6 Å². The summed E-state index contributed by atoms with van der Waals surface area (Å²) in [7, 11) is 0. The van der Waals surface area contributed by atoms with Gasteiger partial charge in [0, 0.05) is 32.7 Å². The number of hydrogen-bond acceptors (Lipinski definition) is 2. The van der Waals surface area contributed by atoms with Crippen molar-refractivity contribution < 1.29 is 4.79 Å². The number of carbonyl (C=O) groups excluding carboxylic acids is 1. The van der Waals surface area contributed by atoms with Gasteiger partial charge >= 0.3 is 6.03 Å². The van der Waals surface area contributed by atoms with Crippen LogP contribution in [0.5, 0.6) is 0 Å². The van der Waals surface area contributed by atoms with E-state index in [1.807, 2.05) is 4.90 Å². The van der Waals surface area contributed by atoms with Crippen LogP contribution in [0.2, 0.25) is 0 Å². The van der Waals surface area contributed by atoms with Crippen molar-refractivity contribution in [2.75, 3.05) is 32.7 Å². The molecule has 0 atom stereocenters. The largest absolute Gasteiger partial charge is 0.338 e. The van der Waals surface area contributed by atoms with E-state index in [2.05, 4.69) is 42.7 Å². The number of urea groups is 1. The van der Waals surface area contributed by atoms with E-state index in [0.717, 1.165) is 32.6 Å². The zero-order valence-electron chi connectivity index (χ0n) is 11.8. The van der Waals surface area contributed by atoms with Gasteiger partial charge in [-0.15, -0.1) is 0 Å². The van der Waals surface area contributed by atoms with Crippen molar-refractivity contribution in [3.63, 3.8) is 0 Å². The minimum atomic E-state index is 0.0614. The molecule has 104 valence electrons. The van der Waals surface area contributed by atoms with Crippen LogP contribution >= 0.6 is 0 Å². The van der Waals surface area contributed by atoms with Crippen LogP contribution in [0.3, 0.4) is 0 Å². The van der Waals surface area contributed by atoms with Gasteiger partial charge in [-0.1, -0.05) is 23.8 Å². The van der Waals surface area contributed by atoms with Gasteiger partial charge in [0.1, 0.15) is 0 Å². The van der Waals surface area contributed by atoms with Crippen molar-refractivity contribution in [2.24, 2.45) is 0 Å². The van der Waals surface area contributed by atoms with Crippen LogP contribution in [0.15, 0.2) is 18.2 Å². The number of rotatable bonds is 3. The van der Waals surface area contributed by atoms with E-state index in [-0.39, 0.29) is 6.03 Å². The molecular formula is C15H23N3O. The van der Waals surface area contributed by atoms with E-state index >= 15 is 0 Å². The lowest BCUT2D eigenvalue weighted by atomic mass is 10.0. The highest BCUT2D eigenvalue weighted by atomic mass is 16.2. The van der Waals surface area contributed by atoms with Gasteiger partial charge in [-0.2, -0.15) is 0 Å². The second kappa shape index (κ2) is 6.57. The van der Waals surface area contributed by atoms with Crippen molar-refractivity contribution in [1.29, 1.82) is 0 Å². The zero-order chi connectivity index (χ0) is 13.7. The lowest BCUT2D eigenvalue weighted by Gasteiger charge is -2.27. The van der Waals surface area contributed by atoms with E-state index in [0.29, 0.717) is 6.54 Å². The fourth-order valence-electron chi connectivity index (χ4n) is 2.41. The Bertz CT molecular complexity index is 439. The van der Waals surface area contributed by atoms with Crippen LogP contribution in [0.1, 0.15) is 16.7 Å². The predicted octanol–water partition coefficient (Wildman–Crippen LogP) is 1.46. The first-order valence-corrected chi connectivity index (χ1v) is 6.96. The molecule has 1 aromatic rings. The molecule has 0 saturated carbocycles. The second-order valence-electron chi connectivity index (χ2n) is 5.15. The van der Waals surface area contributed by atoms with Gasteiger partial charge in [-0.25, -0.2) is 4.79 Å². The number of benzene rings is 1. The summed E-state index contributed by atoms with van der Waals surface area (Å²) in [5.74, 6) is 0. The molecule has 4 heteroatoms. The molecule has 2 N–H and O–H groups in total. The first kappa shape index (κ1) is 13.9. The molecule has 2 amide bonds. The summed E-state index contributed by atoms with van der Waals surface area (Å²) in [6, 6.07) is 6.53. The predicted molar refractivity (Wildman–Crippen MR) is 77.5 cm³/mol. The van der Waals surface area contributed by atoms with E-state index in [1.165, 1.54) is 16.7 Å². The number of hydrogen-bond donors (Lipinski definition) is 2. The molecular weight excluding hydrogens is 238 g/mol. The molecule has 1 aromatic carbocycles. The maximum absolute atomic E-state index is 11.9. The molecule has 0 bridgehead atoms. The third-order valence-electron chi connectivity index (χ3n) is 3.57. The number of piperazine rings is 1. The average Bonchev–Trinajstić information content (AvgIpc) is 2.42. The Morgan fingerprint density at radius 1 is 1.32 bits per heavy atom. The normalized spacial score (nSPS) is 15.4. The molecule has 19 heavy (non-hydrogen) atoms. The summed E-state index contributed by atoms with van der Waals surface area (Å²) in [4.78, 5) is 13.8. The third-order valence-corrected chi connectivity index (χ3v) is 3.57. The van der Waals surface area contributed by atoms with Crippen LogP contribution in [0.4, 0.5) is 4.79 Å². The highest BCUT2D eigenvalue weighted by Gasteiger charge is 2.15. The molecule has 1 aliphatic heterocycles. The van der Waals surface area contributed by atoms with Crippen molar-refractivity contribution in [1.82, 2.24) is 15.5 Å². The van der Waals surface area contributed by atoms with E-state index in [9.17, 15) is 4.79 Å². The fraction of sp³-hybridized carbons (Fsp3) is 0.533. The molecule has 0 radical (unpaired) electrons. The van der Waals surface area contributed by atoms with Crippen LogP contribution in [-0.2, 0) is 6.42 Å².